The predicted octanol–water partition coefficient (Wildman–Crippen LogP) is 1.18. The number of hydrogen-bond acceptors (Lipinski definition) is 3. The van der Waals surface area contributed by atoms with Crippen LogP contribution in [0.15, 0.2) is 0 Å². The Balaban J connectivity index is 2.93. The highest BCUT2D eigenvalue weighted by Gasteiger charge is 2.14. The van der Waals surface area contributed by atoms with Crippen molar-refractivity contribution >= 4 is 0 Å². The van der Waals surface area contributed by atoms with Crippen LogP contribution in [0.1, 0.15) is 44.3 Å². The molecule has 0 fully saturated rings. The highest BCUT2D eigenvalue weighted by Crippen LogP contribution is 2.20. The van der Waals surface area contributed by atoms with Gasteiger partial charge in [-0.2, -0.15) is 0 Å². The van der Waals surface area contributed by atoms with Crippen LogP contribution >= 0.6 is 0 Å². The maximum Gasteiger partial charge on any atom is 0.146 e. The summed E-state index contributed by atoms with van der Waals surface area (Å²) < 4.78 is 2.01. The maximum absolute atomic E-state index is 5.52. The third-order valence-electron chi connectivity index (χ3n) is 2.53. The summed E-state index contributed by atoms with van der Waals surface area (Å²) >= 11 is 0. The number of nitrogens with two attached hydrogens (primary N) is 1. The van der Waals surface area contributed by atoms with Gasteiger partial charge in [0, 0.05) is 13.0 Å². The summed E-state index contributed by atoms with van der Waals surface area (Å²) in [6.07, 6.45) is 2.21. The molecule has 2 N–H and O–H groups in total. The second kappa shape index (κ2) is 4.37. The first-order valence-corrected chi connectivity index (χ1v) is 4.82. The van der Waals surface area contributed by atoms with E-state index in [2.05, 4.69) is 24.0 Å². The molecule has 0 amide bonds. The van der Waals surface area contributed by atoms with Crippen LogP contribution in [0.5, 0.6) is 0 Å². The SMILES string of the molecule is CCC(CC)c1nnc(CN)n1C. The summed E-state index contributed by atoms with van der Waals surface area (Å²) in [5, 5.41) is 8.20. The van der Waals surface area contributed by atoms with Crippen molar-refractivity contribution in [2.24, 2.45) is 12.8 Å². The standard InChI is InChI=1S/C9H18N4/c1-4-7(5-2)9-12-11-8(6-10)13(9)3/h7H,4-6,10H2,1-3H3. The van der Waals surface area contributed by atoms with Gasteiger partial charge in [0.25, 0.3) is 0 Å². The second-order valence-electron chi connectivity index (χ2n) is 3.25. The van der Waals surface area contributed by atoms with Crippen LogP contribution in [-0.2, 0) is 13.6 Å². The summed E-state index contributed by atoms with van der Waals surface area (Å²) in [5.41, 5.74) is 5.52. The largest absolute Gasteiger partial charge is 0.324 e. The van der Waals surface area contributed by atoms with E-state index in [9.17, 15) is 0 Å². The molecule has 0 bridgehead atoms. The lowest BCUT2D eigenvalue weighted by molar-refractivity contribution is 0.571. The van der Waals surface area contributed by atoms with E-state index in [4.69, 9.17) is 5.73 Å². The van der Waals surface area contributed by atoms with Crippen molar-refractivity contribution in [3.8, 4) is 0 Å². The third-order valence-corrected chi connectivity index (χ3v) is 2.53. The van der Waals surface area contributed by atoms with Crippen molar-refractivity contribution in [1.29, 1.82) is 0 Å². The molecule has 0 aliphatic carbocycles. The smallest absolute Gasteiger partial charge is 0.146 e. The molecular weight excluding hydrogens is 164 g/mol. The highest BCUT2D eigenvalue weighted by atomic mass is 15.3. The van der Waals surface area contributed by atoms with Crippen LogP contribution < -0.4 is 5.73 Å². The minimum Gasteiger partial charge on any atom is -0.324 e. The summed E-state index contributed by atoms with van der Waals surface area (Å²) in [6.45, 7) is 4.81. The van der Waals surface area contributed by atoms with E-state index in [1.807, 2.05) is 11.6 Å². The molecule has 0 unspecified atom stereocenters. The van der Waals surface area contributed by atoms with Gasteiger partial charge in [0.1, 0.15) is 11.6 Å². The summed E-state index contributed by atoms with van der Waals surface area (Å²) in [5.74, 6) is 2.44. The molecule has 4 nitrogen and oxygen atoms in total. The molecule has 0 saturated carbocycles. The molecule has 1 aromatic rings. The Morgan fingerprint density at radius 2 is 1.92 bits per heavy atom. The maximum atomic E-state index is 5.52. The number of rotatable bonds is 4. The molecule has 13 heavy (non-hydrogen) atoms. The van der Waals surface area contributed by atoms with Gasteiger partial charge in [-0.25, -0.2) is 0 Å². The fraction of sp³-hybridized carbons (Fsp3) is 0.778. The molecule has 0 aliphatic heterocycles. The minimum atomic E-state index is 0.462. The first-order valence-electron chi connectivity index (χ1n) is 4.82. The van der Waals surface area contributed by atoms with Gasteiger partial charge in [0.05, 0.1) is 6.54 Å². The van der Waals surface area contributed by atoms with E-state index in [1.54, 1.807) is 0 Å². The Labute approximate surface area is 79.2 Å². The number of hydrogen-bond donors (Lipinski definition) is 1. The van der Waals surface area contributed by atoms with E-state index >= 15 is 0 Å². The van der Waals surface area contributed by atoms with Gasteiger partial charge in [0.15, 0.2) is 0 Å². The van der Waals surface area contributed by atoms with Crippen LogP contribution in [0, 0.1) is 0 Å². The van der Waals surface area contributed by atoms with Gasteiger partial charge >= 0.3 is 0 Å². The fourth-order valence-electron chi connectivity index (χ4n) is 1.56. The van der Waals surface area contributed by atoms with E-state index in [-0.39, 0.29) is 0 Å². The lowest BCUT2D eigenvalue weighted by atomic mass is 10.0. The van der Waals surface area contributed by atoms with E-state index in [0.717, 1.165) is 24.5 Å². The van der Waals surface area contributed by atoms with Gasteiger partial charge in [-0.3, -0.25) is 0 Å². The Kier molecular flexibility index (Phi) is 3.42. The summed E-state index contributed by atoms with van der Waals surface area (Å²) in [4.78, 5) is 0. The quantitative estimate of drug-likeness (QED) is 0.760. The monoisotopic (exact) mass is 182 g/mol. The van der Waals surface area contributed by atoms with Crippen LogP contribution in [0.4, 0.5) is 0 Å². The average molecular weight is 182 g/mol. The lowest BCUT2D eigenvalue weighted by Crippen LogP contribution is -2.09. The van der Waals surface area contributed by atoms with E-state index < -0.39 is 0 Å². The summed E-state index contributed by atoms with van der Waals surface area (Å²) in [7, 11) is 1.98. The van der Waals surface area contributed by atoms with Crippen molar-refractivity contribution in [1.82, 2.24) is 14.8 Å². The van der Waals surface area contributed by atoms with Crippen molar-refractivity contribution in [3.05, 3.63) is 11.6 Å². The van der Waals surface area contributed by atoms with Crippen LogP contribution in [0.2, 0.25) is 0 Å². The van der Waals surface area contributed by atoms with Crippen LogP contribution in [0.3, 0.4) is 0 Å². The van der Waals surface area contributed by atoms with Crippen molar-refractivity contribution < 1.29 is 0 Å². The van der Waals surface area contributed by atoms with Gasteiger partial charge in [-0.05, 0) is 12.8 Å². The first kappa shape index (κ1) is 10.2. The zero-order valence-electron chi connectivity index (χ0n) is 8.62. The molecule has 0 aromatic carbocycles. The third kappa shape index (κ3) is 1.88. The molecule has 0 radical (unpaired) electrons. The fourth-order valence-corrected chi connectivity index (χ4v) is 1.56. The molecule has 1 heterocycles. The van der Waals surface area contributed by atoms with Crippen molar-refractivity contribution in [3.63, 3.8) is 0 Å². The van der Waals surface area contributed by atoms with Crippen LogP contribution in [0.25, 0.3) is 0 Å². The number of aromatic nitrogens is 3. The Bertz CT molecular complexity index is 263. The van der Waals surface area contributed by atoms with Crippen molar-refractivity contribution in [2.45, 2.75) is 39.2 Å². The minimum absolute atomic E-state index is 0.462. The van der Waals surface area contributed by atoms with Gasteiger partial charge < -0.3 is 10.3 Å². The van der Waals surface area contributed by atoms with Gasteiger partial charge in [-0.15, -0.1) is 10.2 Å². The Morgan fingerprint density at radius 3 is 2.31 bits per heavy atom. The molecule has 74 valence electrons. The average Bonchev–Trinajstić information content (AvgIpc) is 2.50. The van der Waals surface area contributed by atoms with Crippen molar-refractivity contribution in [2.75, 3.05) is 0 Å². The van der Waals surface area contributed by atoms with Gasteiger partial charge in [0.2, 0.25) is 0 Å². The molecular formula is C9H18N4. The van der Waals surface area contributed by atoms with Crippen LogP contribution in [-0.4, -0.2) is 14.8 Å². The topological polar surface area (TPSA) is 56.7 Å². The Hall–Kier alpha value is -0.900. The molecule has 4 heteroatoms. The zero-order valence-corrected chi connectivity index (χ0v) is 8.62. The molecule has 0 saturated heterocycles. The summed E-state index contributed by atoms with van der Waals surface area (Å²) in [6, 6.07) is 0. The molecule has 0 spiro atoms. The highest BCUT2D eigenvalue weighted by molar-refractivity contribution is 5.00. The number of nitrogens with zero attached hydrogens (tertiary/aromatic N) is 3. The normalized spacial score (nSPS) is 11.2. The molecule has 0 aliphatic rings. The van der Waals surface area contributed by atoms with Gasteiger partial charge in [-0.1, -0.05) is 13.8 Å². The second-order valence-corrected chi connectivity index (χ2v) is 3.25. The molecule has 0 atom stereocenters. The van der Waals surface area contributed by atoms with E-state index in [0.29, 0.717) is 12.5 Å². The zero-order chi connectivity index (χ0) is 9.84. The van der Waals surface area contributed by atoms with E-state index in [1.165, 1.54) is 0 Å². The molecule has 1 rings (SSSR count). The Morgan fingerprint density at radius 1 is 1.31 bits per heavy atom. The first-order chi connectivity index (χ1) is 6.24. The molecule has 1 aromatic heterocycles. The lowest BCUT2D eigenvalue weighted by Gasteiger charge is -2.11. The predicted molar refractivity (Wildman–Crippen MR) is 52.2 cm³/mol.